The molecule has 0 saturated heterocycles. The third-order valence-electron chi connectivity index (χ3n) is 2.34. The van der Waals surface area contributed by atoms with Crippen molar-refractivity contribution in [3.63, 3.8) is 0 Å². The Morgan fingerprint density at radius 3 is 2.50 bits per heavy atom. The molecule has 1 heteroatoms. The molecule has 0 amide bonds. The van der Waals surface area contributed by atoms with Crippen molar-refractivity contribution in [2.45, 2.75) is 20.8 Å². The number of rotatable bonds is 0. The van der Waals surface area contributed by atoms with Crippen LogP contribution in [0.5, 0.6) is 0 Å². The second-order valence-electron chi connectivity index (χ2n) is 3.48. The molecule has 0 aliphatic heterocycles. The van der Waals surface area contributed by atoms with Crippen LogP contribution < -0.4 is 0 Å². The highest BCUT2D eigenvalue weighted by atomic mass is 14.7. The van der Waals surface area contributed by atoms with Gasteiger partial charge in [0.15, 0.2) is 0 Å². The van der Waals surface area contributed by atoms with E-state index in [9.17, 15) is 0 Å². The van der Waals surface area contributed by atoms with Gasteiger partial charge in [0, 0.05) is 17.1 Å². The van der Waals surface area contributed by atoms with Crippen molar-refractivity contribution in [1.82, 2.24) is 4.98 Å². The van der Waals surface area contributed by atoms with E-state index < -0.39 is 0 Å². The average molecular weight is 159 g/mol. The summed E-state index contributed by atoms with van der Waals surface area (Å²) in [7, 11) is 0. The van der Waals surface area contributed by atoms with E-state index in [-0.39, 0.29) is 0 Å². The Hall–Kier alpha value is -1.24. The van der Waals surface area contributed by atoms with Crippen molar-refractivity contribution in [3.8, 4) is 0 Å². The molecule has 1 aromatic heterocycles. The van der Waals surface area contributed by atoms with Crippen LogP contribution in [0.1, 0.15) is 16.7 Å². The molecule has 1 nitrogen and oxygen atoms in total. The highest BCUT2D eigenvalue weighted by molar-refractivity contribution is 5.86. The molecule has 62 valence electrons. The molecular weight excluding hydrogens is 146 g/mol. The first-order valence-corrected chi connectivity index (χ1v) is 4.23. The molecular formula is C11H13N. The lowest BCUT2D eigenvalue weighted by atomic mass is 10.1. The minimum absolute atomic E-state index is 1.28. The molecule has 0 bridgehead atoms. The van der Waals surface area contributed by atoms with E-state index in [1.807, 2.05) is 0 Å². The number of nitrogens with one attached hydrogen (secondary N) is 1. The van der Waals surface area contributed by atoms with E-state index >= 15 is 0 Å². The molecule has 0 aliphatic carbocycles. The standard InChI is InChI=1S/C11H13N/c1-7-4-8(2)11-10(5-7)9(3)6-12-11/h4-6,12H,1-3H3. The zero-order valence-corrected chi connectivity index (χ0v) is 7.73. The number of aromatic nitrogens is 1. The number of hydrogen-bond acceptors (Lipinski definition) is 0. The van der Waals surface area contributed by atoms with Gasteiger partial charge in [0.1, 0.15) is 0 Å². The number of aryl methyl sites for hydroxylation is 3. The van der Waals surface area contributed by atoms with E-state index in [0.717, 1.165) is 0 Å². The molecule has 0 atom stereocenters. The number of H-pyrrole nitrogens is 1. The van der Waals surface area contributed by atoms with Gasteiger partial charge in [-0.25, -0.2) is 0 Å². The van der Waals surface area contributed by atoms with Crippen LogP contribution in [0.4, 0.5) is 0 Å². The molecule has 2 rings (SSSR count). The van der Waals surface area contributed by atoms with Gasteiger partial charge in [-0.15, -0.1) is 0 Å². The molecule has 0 radical (unpaired) electrons. The molecule has 0 fully saturated rings. The third-order valence-corrected chi connectivity index (χ3v) is 2.34. The van der Waals surface area contributed by atoms with E-state index in [4.69, 9.17) is 0 Å². The van der Waals surface area contributed by atoms with Gasteiger partial charge >= 0.3 is 0 Å². The number of aromatic amines is 1. The fourth-order valence-electron chi connectivity index (χ4n) is 1.73. The van der Waals surface area contributed by atoms with Gasteiger partial charge < -0.3 is 4.98 Å². The minimum Gasteiger partial charge on any atom is -0.361 e. The summed E-state index contributed by atoms with van der Waals surface area (Å²) in [5.41, 5.74) is 5.27. The zero-order valence-electron chi connectivity index (χ0n) is 7.73. The highest BCUT2D eigenvalue weighted by Gasteiger charge is 2.01. The molecule has 1 aromatic carbocycles. The van der Waals surface area contributed by atoms with Crippen LogP contribution in [0.2, 0.25) is 0 Å². The van der Waals surface area contributed by atoms with Gasteiger partial charge in [-0.05, 0) is 38.0 Å². The first-order chi connectivity index (χ1) is 5.68. The predicted octanol–water partition coefficient (Wildman–Crippen LogP) is 3.09. The molecule has 0 spiro atoms. The van der Waals surface area contributed by atoms with Crippen LogP contribution in [-0.2, 0) is 0 Å². The molecule has 1 heterocycles. The van der Waals surface area contributed by atoms with Crippen molar-refractivity contribution < 1.29 is 0 Å². The van der Waals surface area contributed by atoms with E-state index in [2.05, 4.69) is 44.1 Å². The van der Waals surface area contributed by atoms with Crippen molar-refractivity contribution in [2.75, 3.05) is 0 Å². The summed E-state index contributed by atoms with van der Waals surface area (Å²) in [5, 5.41) is 1.35. The summed E-state index contributed by atoms with van der Waals surface area (Å²) in [6, 6.07) is 4.44. The summed E-state index contributed by atoms with van der Waals surface area (Å²) < 4.78 is 0. The SMILES string of the molecule is Cc1cc(C)c2[nH]cc(C)c2c1. The van der Waals surface area contributed by atoms with Crippen LogP contribution in [0.3, 0.4) is 0 Å². The lowest BCUT2D eigenvalue weighted by molar-refractivity contribution is 1.38. The summed E-state index contributed by atoms with van der Waals surface area (Å²) in [5.74, 6) is 0. The Bertz CT molecular complexity index is 424. The van der Waals surface area contributed by atoms with Gasteiger partial charge in [-0.3, -0.25) is 0 Å². The van der Waals surface area contributed by atoms with E-state index in [1.165, 1.54) is 27.6 Å². The van der Waals surface area contributed by atoms with Crippen LogP contribution >= 0.6 is 0 Å². The lowest BCUT2D eigenvalue weighted by Crippen LogP contribution is -1.79. The van der Waals surface area contributed by atoms with E-state index in [1.54, 1.807) is 0 Å². The fraction of sp³-hybridized carbons (Fsp3) is 0.273. The Morgan fingerprint density at radius 1 is 1.00 bits per heavy atom. The second kappa shape index (κ2) is 2.37. The third kappa shape index (κ3) is 0.934. The quantitative estimate of drug-likeness (QED) is 0.608. The monoisotopic (exact) mass is 159 g/mol. The molecule has 2 aromatic rings. The number of fused-ring (bicyclic) bond motifs is 1. The lowest BCUT2D eigenvalue weighted by Gasteiger charge is -1.99. The van der Waals surface area contributed by atoms with E-state index in [0.29, 0.717) is 0 Å². The van der Waals surface area contributed by atoms with Crippen molar-refractivity contribution in [3.05, 3.63) is 35.0 Å². The number of hydrogen-bond donors (Lipinski definition) is 1. The minimum atomic E-state index is 1.28. The van der Waals surface area contributed by atoms with Crippen LogP contribution in [0.25, 0.3) is 10.9 Å². The Balaban J connectivity index is 2.92. The maximum Gasteiger partial charge on any atom is 0.0486 e. The fourth-order valence-corrected chi connectivity index (χ4v) is 1.73. The van der Waals surface area contributed by atoms with Crippen LogP contribution in [-0.4, -0.2) is 4.98 Å². The van der Waals surface area contributed by atoms with Gasteiger partial charge in [0.25, 0.3) is 0 Å². The van der Waals surface area contributed by atoms with Crippen molar-refractivity contribution in [1.29, 1.82) is 0 Å². The van der Waals surface area contributed by atoms with Crippen LogP contribution in [0.15, 0.2) is 18.3 Å². The Morgan fingerprint density at radius 2 is 1.75 bits per heavy atom. The maximum atomic E-state index is 3.28. The van der Waals surface area contributed by atoms with Crippen molar-refractivity contribution in [2.24, 2.45) is 0 Å². The van der Waals surface area contributed by atoms with Gasteiger partial charge in [-0.2, -0.15) is 0 Å². The second-order valence-corrected chi connectivity index (χ2v) is 3.48. The zero-order chi connectivity index (χ0) is 8.72. The molecule has 0 aliphatic rings. The Kier molecular flexibility index (Phi) is 1.47. The summed E-state index contributed by atoms with van der Waals surface area (Å²) >= 11 is 0. The summed E-state index contributed by atoms with van der Waals surface area (Å²) in [6.45, 7) is 6.42. The molecule has 1 N–H and O–H groups in total. The molecule has 0 unspecified atom stereocenters. The number of benzene rings is 1. The topological polar surface area (TPSA) is 15.8 Å². The highest BCUT2D eigenvalue weighted by Crippen LogP contribution is 2.22. The molecule has 12 heavy (non-hydrogen) atoms. The first kappa shape index (κ1) is 7.41. The smallest absolute Gasteiger partial charge is 0.0486 e. The Labute approximate surface area is 72.4 Å². The predicted molar refractivity (Wildman–Crippen MR) is 52.5 cm³/mol. The maximum absolute atomic E-state index is 3.28. The molecule has 0 saturated carbocycles. The summed E-state index contributed by atoms with van der Waals surface area (Å²) in [4.78, 5) is 3.28. The largest absolute Gasteiger partial charge is 0.361 e. The summed E-state index contributed by atoms with van der Waals surface area (Å²) in [6.07, 6.45) is 2.07. The van der Waals surface area contributed by atoms with Gasteiger partial charge in [0.2, 0.25) is 0 Å². The van der Waals surface area contributed by atoms with Gasteiger partial charge in [-0.1, -0.05) is 11.6 Å². The average Bonchev–Trinajstić information content (AvgIpc) is 2.33. The first-order valence-electron chi connectivity index (χ1n) is 4.23. The van der Waals surface area contributed by atoms with Crippen molar-refractivity contribution >= 4 is 10.9 Å². The normalized spacial score (nSPS) is 10.9. The van der Waals surface area contributed by atoms with Gasteiger partial charge in [0.05, 0.1) is 0 Å². The van der Waals surface area contributed by atoms with Crippen LogP contribution in [0, 0.1) is 20.8 Å².